The van der Waals surface area contributed by atoms with Crippen LogP contribution in [0.15, 0.2) is 48.5 Å². The summed E-state index contributed by atoms with van der Waals surface area (Å²) in [7, 11) is 0. The van der Waals surface area contributed by atoms with Crippen molar-refractivity contribution in [2.24, 2.45) is 0 Å². The molecule has 0 bridgehead atoms. The van der Waals surface area contributed by atoms with Gasteiger partial charge in [-0.15, -0.1) is 0 Å². The van der Waals surface area contributed by atoms with Gasteiger partial charge < -0.3 is 19.3 Å². The Labute approximate surface area is 243 Å². The predicted octanol–water partition coefficient (Wildman–Crippen LogP) is 2.76. The topological polar surface area (TPSA) is 151 Å². The Kier molecular flexibility index (Phi) is 9.24. The summed E-state index contributed by atoms with van der Waals surface area (Å²) >= 11 is 0. The molecule has 1 atom stereocenters. The molecule has 5 amide bonds. The van der Waals surface area contributed by atoms with E-state index in [0.29, 0.717) is 16.8 Å². The van der Waals surface area contributed by atoms with E-state index in [0.717, 1.165) is 5.56 Å². The number of esters is 1. The van der Waals surface area contributed by atoms with Gasteiger partial charge in [0, 0.05) is 42.9 Å². The molecule has 1 unspecified atom stereocenters. The number of carbonyl (C=O) groups excluding carboxylic acids is 6. The summed E-state index contributed by atoms with van der Waals surface area (Å²) < 4.78 is 10.6. The summed E-state index contributed by atoms with van der Waals surface area (Å²) in [5.41, 5.74) is 1.31. The van der Waals surface area contributed by atoms with Crippen molar-refractivity contribution < 1.29 is 38.2 Å². The van der Waals surface area contributed by atoms with Crippen LogP contribution in [-0.2, 0) is 41.7 Å². The van der Waals surface area contributed by atoms with Crippen LogP contribution >= 0.6 is 0 Å². The highest BCUT2D eigenvalue weighted by atomic mass is 16.6. The van der Waals surface area contributed by atoms with Crippen LogP contribution in [0.3, 0.4) is 0 Å². The summed E-state index contributed by atoms with van der Waals surface area (Å²) in [4.78, 5) is 77.7. The van der Waals surface area contributed by atoms with Gasteiger partial charge in [0.15, 0.2) is 6.61 Å². The lowest BCUT2D eigenvalue weighted by atomic mass is 10.0. The van der Waals surface area contributed by atoms with Gasteiger partial charge in [0.25, 0.3) is 11.8 Å². The number of nitrogens with one attached hydrogen (secondary N) is 2. The first kappa shape index (κ1) is 30.2. The van der Waals surface area contributed by atoms with Gasteiger partial charge in [-0.2, -0.15) is 0 Å². The third-order valence-corrected chi connectivity index (χ3v) is 6.72. The molecule has 12 nitrogen and oxygen atoms in total. The quantitative estimate of drug-likeness (QED) is 0.341. The third kappa shape index (κ3) is 7.71. The molecule has 0 spiro atoms. The highest BCUT2D eigenvalue weighted by Crippen LogP contribution is 2.32. The molecule has 2 N–H and O–H groups in total. The number of carbonyl (C=O) groups is 6. The molecule has 0 saturated carbocycles. The van der Waals surface area contributed by atoms with Crippen molar-refractivity contribution in [2.45, 2.75) is 64.8 Å². The average molecular weight is 579 g/mol. The molecule has 0 radical (unpaired) electrons. The number of anilines is 1. The zero-order valence-corrected chi connectivity index (χ0v) is 23.8. The van der Waals surface area contributed by atoms with E-state index in [1.165, 1.54) is 9.80 Å². The van der Waals surface area contributed by atoms with Crippen LogP contribution in [-0.4, -0.2) is 70.3 Å². The maximum absolute atomic E-state index is 13.1. The highest BCUT2D eigenvalue weighted by molar-refractivity contribution is 6.06. The smallest absolute Gasteiger partial charge is 0.412 e. The maximum Gasteiger partial charge on any atom is 0.412 e. The molecule has 4 rings (SSSR count). The van der Waals surface area contributed by atoms with Crippen molar-refractivity contribution in [3.8, 4) is 0 Å². The first-order chi connectivity index (χ1) is 19.9. The average Bonchev–Trinajstić information content (AvgIpc) is 3.26. The Balaban J connectivity index is 1.37. The zero-order valence-electron chi connectivity index (χ0n) is 23.8. The fraction of sp³-hybridized carbons (Fsp3) is 0.400. The van der Waals surface area contributed by atoms with Gasteiger partial charge in [-0.25, -0.2) is 4.79 Å². The van der Waals surface area contributed by atoms with E-state index in [1.54, 1.807) is 39.0 Å². The van der Waals surface area contributed by atoms with Crippen LogP contribution in [0.25, 0.3) is 0 Å². The van der Waals surface area contributed by atoms with Crippen molar-refractivity contribution >= 4 is 41.4 Å². The third-order valence-electron chi connectivity index (χ3n) is 6.72. The zero-order chi connectivity index (χ0) is 30.4. The lowest BCUT2D eigenvalue weighted by Crippen LogP contribution is -2.52. The molecule has 1 fully saturated rings. The van der Waals surface area contributed by atoms with E-state index < -0.39 is 42.1 Å². The van der Waals surface area contributed by atoms with Crippen molar-refractivity contribution in [3.63, 3.8) is 0 Å². The van der Waals surface area contributed by atoms with E-state index in [9.17, 15) is 28.8 Å². The van der Waals surface area contributed by atoms with Gasteiger partial charge in [-0.05, 0) is 44.9 Å². The number of hydrogen-bond acceptors (Lipinski definition) is 8. The van der Waals surface area contributed by atoms with Crippen molar-refractivity contribution in [3.05, 3.63) is 65.2 Å². The molecule has 2 aromatic rings. The Morgan fingerprint density at radius 2 is 1.79 bits per heavy atom. The summed E-state index contributed by atoms with van der Waals surface area (Å²) in [6, 6.07) is 13.2. The first-order valence-corrected chi connectivity index (χ1v) is 13.6. The number of nitrogens with zero attached hydrogens (tertiary/aromatic N) is 2. The largest absolute Gasteiger partial charge is 0.460 e. The molecule has 12 heteroatoms. The number of hydrogen-bond donors (Lipinski definition) is 2. The van der Waals surface area contributed by atoms with Crippen LogP contribution in [0.1, 0.15) is 61.5 Å². The van der Waals surface area contributed by atoms with E-state index in [1.807, 2.05) is 30.3 Å². The number of rotatable bonds is 9. The fourth-order valence-corrected chi connectivity index (χ4v) is 4.78. The number of benzene rings is 2. The summed E-state index contributed by atoms with van der Waals surface area (Å²) in [6.45, 7) is 5.03. The molecule has 42 heavy (non-hydrogen) atoms. The fourth-order valence-electron chi connectivity index (χ4n) is 4.78. The second-order valence-electron chi connectivity index (χ2n) is 11.1. The van der Waals surface area contributed by atoms with E-state index >= 15 is 0 Å². The molecule has 1 saturated heterocycles. The highest BCUT2D eigenvalue weighted by Gasteiger charge is 2.40. The van der Waals surface area contributed by atoms with Crippen LogP contribution in [0.5, 0.6) is 0 Å². The molecule has 2 aromatic carbocycles. The molecule has 0 aliphatic carbocycles. The van der Waals surface area contributed by atoms with Crippen molar-refractivity contribution in [1.29, 1.82) is 0 Å². The van der Waals surface area contributed by atoms with Gasteiger partial charge in [0.1, 0.15) is 11.6 Å². The van der Waals surface area contributed by atoms with E-state index in [-0.39, 0.29) is 50.7 Å². The van der Waals surface area contributed by atoms with Crippen LogP contribution in [0, 0.1) is 0 Å². The van der Waals surface area contributed by atoms with Crippen LogP contribution in [0.4, 0.5) is 10.5 Å². The van der Waals surface area contributed by atoms with Gasteiger partial charge in [-0.3, -0.25) is 34.6 Å². The molecule has 222 valence electrons. The monoisotopic (exact) mass is 578 g/mol. The second kappa shape index (κ2) is 12.8. The molecular formula is C30H34N4O8. The van der Waals surface area contributed by atoms with Crippen molar-refractivity contribution in [2.75, 3.05) is 18.5 Å². The summed E-state index contributed by atoms with van der Waals surface area (Å²) in [5, 5.41) is 4.84. The van der Waals surface area contributed by atoms with Gasteiger partial charge in [0.05, 0.1) is 6.42 Å². The first-order valence-electron chi connectivity index (χ1n) is 13.6. The minimum absolute atomic E-state index is 0.0318. The maximum atomic E-state index is 13.1. The SMILES string of the molecule is CC(C)(C)OC(=O)CCN(Cc1ccccc1)C(=O)COC(=O)Nc1cccc2c1CN(C1CCC(=O)NC1=O)C2=O. The van der Waals surface area contributed by atoms with Gasteiger partial charge in [-0.1, -0.05) is 36.4 Å². The Bertz CT molecular complexity index is 1390. The molecule has 2 aliphatic rings. The molecule has 2 heterocycles. The number of fused-ring (bicyclic) bond motifs is 1. The van der Waals surface area contributed by atoms with Crippen molar-refractivity contribution in [1.82, 2.24) is 15.1 Å². The number of ether oxygens (including phenoxy) is 2. The Morgan fingerprint density at radius 3 is 2.48 bits per heavy atom. The lowest BCUT2D eigenvalue weighted by Gasteiger charge is -2.29. The molecular weight excluding hydrogens is 544 g/mol. The van der Waals surface area contributed by atoms with Gasteiger partial charge >= 0.3 is 12.1 Å². The van der Waals surface area contributed by atoms with E-state index in [4.69, 9.17) is 9.47 Å². The molecule has 0 aromatic heterocycles. The number of amides is 5. The number of imide groups is 1. The Morgan fingerprint density at radius 1 is 1.05 bits per heavy atom. The van der Waals surface area contributed by atoms with Crippen LogP contribution < -0.4 is 10.6 Å². The summed E-state index contributed by atoms with van der Waals surface area (Å²) in [5.74, 6) is -2.26. The Hall–Kier alpha value is -4.74. The van der Waals surface area contributed by atoms with E-state index in [2.05, 4.69) is 10.6 Å². The minimum Gasteiger partial charge on any atom is -0.460 e. The van der Waals surface area contributed by atoms with Gasteiger partial charge in [0.2, 0.25) is 11.8 Å². The standard InChI is InChI=1S/C30H34N4O8/c1-30(2,3)42-26(37)14-15-33(16-19-8-5-4-6-9-19)25(36)18-41-29(40)31-22-11-7-10-20-21(22)17-34(28(20)39)23-12-13-24(35)32-27(23)38/h4-11,23H,12-18H2,1-3H3,(H,31,40)(H,32,35,38). The minimum atomic E-state index is -0.907. The lowest BCUT2D eigenvalue weighted by molar-refractivity contribution is -0.155. The summed E-state index contributed by atoms with van der Waals surface area (Å²) in [6.07, 6.45) is -0.600. The molecule has 2 aliphatic heterocycles. The number of piperidine rings is 1. The second-order valence-corrected chi connectivity index (χ2v) is 11.1. The normalized spacial score (nSPS) is 16.4. The predicted molar refractivity (Wildman–Crippen MR) is 150 cm³/mol. The van der Waals surface area contributed by atoms with Crippen LogP contribution in [0.2, 0.25) is 0 Å².